The summed E-state index contributed by atoms with van der Waals surface area (Å²) in [5.74, 6) is 0.751. The number of methoxy groups -OCH3 is 2. The topological polar surface area (TPSA) is 84.9 Å². The number of sulfonamides is 1. The smallest absolute Gasteiger partial charge is 0.241 e. The van der Waals surface area contributed by atoms with Crippen LogP contribution in [0.25, 0.3) is 0 Å². The largest absolute Gasteiger partial charge is 0.493 e. The van der Waals surface area contributed by atoms with Crippen LogP contribution < -0.4 is 14.2 Å². The van der Waals surface area contributed by atoms with Crippen LogP contribution in [0.1, 0.15) is 13.8 Å². The zero-order valence-corrected chi connectivity index (χ0v) is 14.8. The molecular weight excluding hydrogens is 362 g/mol. The summed E-state index contributed by atoms with van der Waals surface area (Å²) in [6.45, 7) is 3.52. The van der Waals surface area contributed by atoms with Crippen LogP contribution >= 0.6 is 15.9 Å². The lowest BCUT2D eigenvalue weighted by atomic mass is 9.96. The maximum atomic E-state index is 12.4. The third-order valence-corrected chi connectivity index (χ3v) is 5.26. The Balaban J connectivity index is 3.14. The van der Waals surface area contributed by atoms with E-state index >= 15 is 0 Å². The number of hydrogen-bond donors (Lipinski definition) is 2. The summed E-state index contributed by atoms with van der Waals surface area (Å²) in [4.78, 5) is 0.0499. The molecule has 0 fully saturated rings. The predicted molar refractivity (Wildman–Crippen MR) is 83.3 cm³/mol. The number of aliphatic hydroxyl groups excluding tert-OH is 1. The molecule has 0 heterocycles. The minimum absolute atomic E-state index is 0.0499. The van der Waals surface area contributed by atoms with Gasteiger partial charge in [0.1, 0.15) is 4.90 Å². The Morgan fingerprint density at radius 2 is 1.76 bits per heavy atom. The van der Waals surface area contributed by atoms with E-state index in [-0.39, 0.29) is 18.0 Å². The van der Waals surface area contributed by atoms with Crippen molar-refractivity contribution < 1.29 is 23.0 Å². The molecule has 120 valence electrons. The van der Waals surface area contributed by atoms with E-state index in [2.05, 4.69) is 20.7 Å². The second-order valence-electron chi connectivity index (χ2n) is 5.28. The van der Waals surface area contributed by atoms with Crippen molar-refractivity contribution in [1.82, 2.24) is 4.72 Å². The lowest BCUT2D eigenvalue weighted by Crippen LogP contribution is -2.36. The van der Waals surface area contributed by atoms with Gasteiger partial charge < -0.3 is 14.6 Å². The van der Waals surface area contributed by atoms with E-state index in [4.69, 9.17) is 9.47 Å². The lowest BCUT2D eigenvalue weighted by Gasteiger charge is -2.22. The third kappa shape index (κ3) is 4.57. The highest BCUT2D eigenvalue weighted by Gasteiger charge is 2.24. The van der Waals surface area contributed by atoms with Gasteiger partial charge in [0, 0.05) is 29.1 Å². The molecule has 21 heavy (non-hydrogen) atoms. The number of hydrogen-bond acceptors (Lipinski definition) is 5. The SMILES string of the molecule is COc1cc(Br)c(S(=O)(=O)NCC(C)(C)CO)cc1OC. The number of halogens is 1. The minimum Gasteiger partial charge on any atom is -0.493 e. The highest BCUT2D eigenvalue weighted by molar-refractivity contribution is 9.10. The Morgan fingerprint density at radius 3 is 2.24 bits per heavy atom. The Morgan fingerprint density at radius 1 is 1.24 bits per heavy atom. The van der Waals surface area contributed by atoms with Crippen molar-refractivity contribution in [2.75, 3.05) is 27.4 Å². The Hall–Kier alpha value is -0.830. The standard InChI is InChI=1S/C13H20BrNO5S/c1-13(2,8-16)7-15-21(17,18)12-6-11(20-4)10(19-3)5-9(12)14/h5-6,15-16H,7-8H2,1-4H3. The molecule has 1 aromatic carbocycles. The van der Waals surface area contributed by atoms with E-state index < -0.39 is 15.4 Å². The molecule has 0 unspecified atom stereocenters. The minimum atomic E-state index is -3.74. The quantitative estimate of drug-likeness (QED) is 0.751. The predicted octanol–water partition coefficient (Wildman–Crippen LogP) is 1.76. The maximum Gasteiger partial charge on any atom is 0.241 e. The van der Waals surface area contributed by atoms with Crippen LogP contribution in [0.4, 0.5) is 0 Å². The molecule has 0 aliphatic carbocycles. The highest BCUT2D eigenvalue weighted by Crippen LogP contribution is 2.35. The van der Waals surface area contributed by atoms with Gasteiger partial charge >= 0.3 is 0 Å². The summed E-state index contributed by atoms with van der Waals surface area (Å²) in [5.41, 5.74) is -0.546. The molecule has 0 aromatic heterocycles. The van der Waals surface area contributed by atoms with E-state index in [1.807, 2.05) is 0 Å². The van der Waals surface area contributed by atoms with E-state index in [1.165, 1.54) is 26.4 Å². The van der Waals surface area contributed by atoms with Crippen molar-refractivity contribution in [2.24, 2.45) is 5.41 Å². The molecule has 0 amide bonds. The van der Waals surface area contributed by atoms with Gasteiger partial charge in [-0.1, -0.05) is 13.8 Å². The lowest BCUT2D eigenvalue weighted by molar-refractivity contribution is 0.163. The maximum absolute atomic E-state index is 12.4. The van der Waals surface area contributed by atoms with Crippen LogP contribution in [0.5, 0.6) is 11.5 Å². The summed E-state index contributed by atoms with van der Waals surface area (Å²) >= 11 is 3.22. The molecule has 2 N–H and O–H groups in total. The Labute approximate surface area is 133 Å². The van der Waals surface area contributed by atoms with Gasteiger partial charge in [0.15, 0.2) is 11.5 Å². The fraction of sp³-hybridized carbons (Fsp3) is 0.538. The van der Waals surface area contributed by atoms with Crippen LogP contribution in [0, 0.1) is 5.41 Å². The third-order valence-electron chi connectivity index (χ3n) is 2.90. The normalized spacial score (nSPS) is 12.3. The summed E-state index contributed by atoms with van der Waals surface area (Å²) in [7, 11) is -0.828. The molecule has 0 bridgehead atoms. The van der Waals surface area contributed by atoms with Gasteiger partial charge in [0.05, 0.1) is 14.2 Å². The summed E-state index contributed by atoms with van der Waals surface area (Å²) in [6, 6.07) is 2.92. The molecule has 0 saturated carbocycles. The van der Waals surface area contributed by atoms with E-state index in [0.29, 0.717) is 16.0 Å². The monoisotopic (exact) mass is 381 g/mol. The molecule has 6 nitrogen and oxygen atoms in total. The molecule has 1 rings (SSSR count). The Bertz CT molecular complexity index is 601. The summed E-state index contributed by atoms with van der Waals surface area (Å²) < 4.78 is 37.8. The first-order chi connectivity index (χ1) is 9.66. The summed E-state index contributed by atoms with van der Waals surface area (Å²) in [5, 5.41) is 9.19. The zero-order chi connectivity index (χ0) is 16.3. The van der Waals surface area contributed by atoms with Crippen molar-refractivity contribution in [1.29, 1.82) is 0 Å². The molecular formula is C13H20BrNO5S. The van der Waals surface area contributed by atoms with Gasteiger partial charge in [-0.3, -0.25) is 0 Å². The summed E-state index contributed by atoms with van der Waals surface area (Å²) in [6.07, 6.45) is 0. The van der Waals surface area contributed by atoms with Gasteiger partial charge in [-0.2, -0.15) is 0 Å². The van der Waals surface area contributed by atoms with Gasteiger partial charge in [0.2, 0.25) is 10.0 Å². The van der Waals surface area contributed by atoms with Gasteiger partial charge in [-0.05, 0) is 22.0 Å². The average molecular weight is 382 g/mol. The van der Waals surface area contributed by atoms with Crippen LogP contribution in [0.3, 0.4) is 0 Å². The van der Waals surface area contributed by atoms with Gasteiger partial charge in [-0.15, -0.1) is 0 Å². The first kappa shape index (κ1) is 18.2. The number of nitrogens with one attached hydrogen (secondary N) is 1. The van der Waals surface area contributed by atoms with Crippen molar-refractivity contribution in [2.45, 2.75) is 18.7 Å². The average Bonchev–Trinajstić information content (AvgIpc) is 2.44. The molecule has 0 atom stereocenters. The van der Waals surface area contributed by atoms with Crippen molar-refractivity contribution >= 4 is 26.0 Å². The van der Waals surface area contributed by atoms with Gasteiger partial charge in [-0.25, -0.2) is 13.1 Å². The van der Waals surface area contributed by atoms with Crippen molar-refractivity contribution in [3.63, 3.8) is 0 Å². The molecule has 8 heteroatoms. The van der Waals surface area contributed by atoms with E-state index in [9.17, 15) is 13.5 Å². The highest BCUT2D eigenvalue weighted by atomic mass is 79.9. The fourth-order valence-electron chi connectivity index (χ4n) is 1.47. The molecule has 0 radical (unpaired) electrons. The zero-order valence-electron chi connectivity index (χ0n) is 12.4. The first-order valence-corrected chi connectivity index (χ1v) is 8.46. The van der Waals surface area contributed by atoms with Crippen LogP contribution in [0.15, 0.2) is 21.5 Å². The van der Waals surface area contributed by atoms with Crippen LogP contribution in [-0.2, 0) is 10.0 Å². The number of ether oxygens (including phenoxy) is 2. The molecule has 0 aliphatic rings. The fourth-order valence-corrected chi connectivity index (χ4v) is 3.74. The van der Waals surface area contributed by atoms with Crippen LogP contribution in [-0.4, -0.2) is 40.9 Å². The first-order valence-electron chi connectivity index (χ1n) is 6.19. The van der Waals surface area contributed by atoms with E-state index in [1.54, 1.807) is 13.8 Å². The number of aliphatic hydroxyl groups is 1. The second-order valence-corrected chi connectivity index (χ2v) is 7.87. The molecule has 0 spiro atoms. The van der Waals surface area contributed by atoms with Crippen LogP contribution in [0.2, 0.25) is 0 Å². The number of benzene rings is 1. The van der Waals surface area contributed by atoms with Crippen molar-refractivity contribution in [3.8, 4) is 11.5 Å². The number of rotatable bonds is 7. The van der Waals surface area contributed by atoms with Gasteiger partial charge in [0.25, 0.3) is 0 Å². The van der Waals surface area contributed by atoms with Crippen molar-refractivity contribution in [3.05, 3.63) is 16.6 Å². The molecule has 0 aliphatic heterocycles. The molecule has 0 saturated heterocycles. The second kappa shape index (κ2) is 6.95. The molecule has 1 aromatic rings. The Kier molecular flexibility index (Phi) is 6.03. The van der Waals surface area contributed by atoms with E-state index in [0.717, 1.165) is 0 Å².